The fraction of sp³-hybridized carbons (Fsp3) is 0.250. The largest absolute Gasteiger partial charge is 0.329 e. The molecule has 0 atom stereocenters. The number of para-hydroxylation sites is 1. The van der Waals surface area contributed by atoms with Crippen LogP contribution in [0.25, 0.3) is 0 Å². The molecule has 0 bridgehead atoms. The number of hydrogen-bond acceptors (Lipinski definition) is 3. The molecular weight excluding hydrogens is 156 g/mol. The van der Waals surface area contributed by atoms with Gasteiger partial charge in [0, 0.05) is 18.8 Å². The summed E-state index contributed by atoms with van der Waals surface area (Å²) in [6.45, 7) is 1.39. The van der Waals surface area contributed by atoms with Crippen molar-refractivity contribution in [3.8, 4) is 0 Å². The van der Waals surface area contributed by atoms with E-state index in [1.54, 1.807) is 0 Å². The standard InChI is InChI=1S/C8H12N2S/c9-6-7-10(11)8-4-2-1-3-5-8/h1-5,11H,6-7,9H2. The average Bonchev–Trinajstić information content (AvgIpc) is 2.07. The summed E-state index contributed by atoms with van der Waals surface area (Å²) in [4.78, 5) is 0. The van der Waals surface area contributed by atoms with Crippen molar-refractivity contribution in [2.45, 2.75) is 0 Å². The van der Waals surface area contributed by atoms with Crippen molar-refractivity contribution in [3.05, 3.63) is 30.3 Å². The van der Waals surface area contributed by atoms with Gasteiger partial charge in [-0.1, -0.05) is 31.0 Å². The predicted molar refractivity (Wildman–Crippen MR) is 51.8 cm³/mol. The van der Waals surface area contributed by atoms with E-state index in [1.165, 1.54) is 0 Å². The Bertz CT molecular complexity index is 201. The van der Waals surface area contributed by atoms with Gasteiger partial charge in [0.2, 0.25) is 0 Å². The Hall–Kier alpha value is -0.670. The lowest BCUT2D eigenvalue weighted by Crippen LogP contribution is -2.20. The normalized spacial score (nSPS) is 9.64. The van der Waals surface area contributed by atoms with Crippen LogP contribution in [0.1, 0.15) is 0 Å². The maximum absolute atomic E-state index is 5.38. The number of rotatable bonds is 3. The van der Waals surface area contributed by atoms with Crippen LogP contribution in [-0.4, -0.2) is 13.1 Å². The van der Waals surface area contributed by atoms with E-state index in [4.69, 9.17) is 5.73 Å². The second-order valence-corrected chi connectivity index (χ2v) is 2.73. The number of nitrogens with zero attached hydrogens (tertiary/aromatic N) is 1. The molecule has 1 rings (SSSR count). The molecule has 0 fully saturated rings. The molecule has 0 aliphatic carbocycles. The molecule has 0 amide bonds. The van der Waals surface area contributed by atoms with Crippen molar-refractivity contribution in [2.24, 2.45) is 5.73 Å². The minimum absolute atomic E-state index is 0.623. The smallest absolute Gasteiger partial charge is 0.0468 e. The van der Waals surface area contributed by atoms with Crippen LogP contribution >= 0.6 is 12.8 Å². The van der Waals surface area contributed by atoms with E-state index < -0.39 is 0 Å². The van der Waals surface area contributed by atoms with E-state index in [-0.39, 0.29) is 0 Å². The van der Waals surface area contributed by atoms with Gasteiger partial charge < -0.3 is 10.0 Å². The Kier molecular flexibility index (Phi) is 3.26. The van der Waals surface area contributed by atoms with Gasteiger partial charge in [-0.05, 0) is 12.1 Å². The van der Waals surface area contributed by atoms with E-state index in [0.717, 1.165) is 12.2 Å². The zero-order chi connectivity index (χ0) is 8.10. The Morgan fingerprint density at radius 3 is 2.45 bits per heavy atom. The molecule has 0 radical (unpaired) electrons. The molecule has 0 saturated heterocycles. The number of hydrogen-bond donors (Lipinski definition) is 2. The van der Waals surface area contributed by atoms with Crippen LogP contribution in [0.3, 0.4) is 0 Å². The lowest BCUT2D eigenvalue weighted by atomic mass is 10.3. The second kappa shape index (κ2) is 4.26. The SMILES string of the molecule is NCCN(S)c1ccccc1. The van der Waals surface area contributed by atoms with Gasteiger partial charge in [0.1, 0.15) is 0 Å². The summed E-state index contributed by atoms with van der Waals surface area (Å²) in [7, 11) is 0. The molecule has 0 aromatic heterocycles. The van der Waals surface area contributed by atoms with Gasteiger partial charge >= 0.3 is 0 Å². The highest BCUT2D eigenvalue weighted by Gasteiger charge is 1.96. The van der Waals surface area contributed by atoms with E-state index in [2.05, 4.69) is 12.8 Å². The van der Waals surface area contributed by atoms with Crippen molar-refractivity contribution in [1.29, 1.82) is 0 Å². The first-order valence-corrected chi connectivity index (χ1v) is 3.96. The van der Waals surface area contributed by atoms with Crippen molar-refractivity contribution < 1.29 is 0 Å². The lowest BCUT2D eigenvalue weighted by molar-refractivity contribution is 0.975. The molecule has 1 aromatic carbocycles. The third-order valence-electron chi connectivity index (χ3n) is 1.40. The Labute approximate surface area is 72.6 Å². The van der Waals surface area contributed by atoms with E-state index >= 15 is 0 Å². The molecule has 0 unspecified atom stereocenters. The zero-order valence-electron chi connectivity index (χ0n) is 6.27. The van der Waals surface area contributed by atoms with Gasteiger partial charge in [-0.2, -0.15) is 0 Å². The maximum Gasteiger partial charge on any atom is 0.0468 e. The zero-order valence-corrected chi connectivity index (χ0v) is 7.17. The molecule has 0 heterocycles. The molecule has 0 aliphatic rings. The van der Waals surface area contributed by atoms with E-state index in [1.807, 2.05) is 34.6 Å². The third-order valence-corrected chi connectivity index (χ3v) is 1.83. The minimum atomic E-state index is 0.623. The van der Waals surface area contributed by atoms with Crippen LogP contribution in [0.15, 0.2) is 30.3 Å². The maximum atomic E-state index is 5.38. The monoisotopic (exact) mass is 168 g/mol. The molecule has 0 saturated carbocycles. The quantitative estimate of drug-likeness (QED) is 0.666. The third kappa shape index (κ3) is 2.44. The second-order valence-electron chi connectivity index (χ2n) is 2.25. The van der Waals surface area contributed by atoms with Crippen LogP contribution in [0, 0.1) is 0 Å². The van der Waals surface area contributed by atoms with E-state index in [9.17, 15) is 0 Å². The summed E-state index contributed by atoms with van der Waals surface area (Å²) in [6, 6.07) is 9.95. The van der Waals surface area contributed by atoms with Crippen molar-refractivity contribution in [2.75, 3.05) is 17.4 Å². The summed E-state index contributed by atoms with van der Waals surface area (Å²) >= 11 is 4.25. The molecule has 11 heavy (non-hydrogen) atoms. The van der Waals surface area contributed by atoms with Gasteiger partial charge in [0.15, 0.2) is 0 Å². The summed E-state index contributed by atoms with van der Waals surface area (Å²) in [5.74, 6) is 0. The fourth-order valence-electron chi connectivity index (χ4n) is 0.851. The Morgan fingerprint density at radius 1 is 1.27 bits per heavy atom. The summed E-state index contributed by atoms with van der Waals surface area (Å²) in [5, 5.41) is 0. The molecule has 0 spiro atoms. The van der Waals surface area contributed by atoms with Gasteiger partial charge in [0.05, 0.1) is 0 Å². The van der Waals surface area contributed by atoms with Crippen LogP contribution in [0.4, 0.5) is 5.69 Å². The van der Waals surface area contributed by atoms with Crippen LogP contribution in [-0.2, 0) is 0 Å². The number of thiol groups is 1. The topological polar surface area (TPSA) is 29.3 Å². The van der Waals surface area contributed by atoms with Gasteiger partial charge in [-0.3, -0.25) is 0 Å². The predicted octanol–water partition coefficient (Wildman–Crippen LogP) is 1.30. The van der Waals surface area contributed by atoms with Crippen LogP contribution < -0.4 is 10.0 Å². The molecule has 60 valence electrons. The highest BCUT2D eigenvalue weighted by Crippen LogP contribution is 2.13. The Morgan fingerprint density at radius 2 is 1.91 bits per heavy atom. The molecule has 1 aromatic rings. The molecular formula is C8H12N2S. The lowest BCUT2D eigenvalue weighted by Gasteiger charge is -2.15. The van der Waals surface area contributed by atoms with Crippen molar-refractivity contribution in [1.82, 2.24) is 0 Å². The summed E-state index contributed by atoms with van der Waals surface area (Å²) < 4.78 is 1.83. The first-order chi connectivity index (χ1) is 5.34. The average molecular weight is 168 g/mol. The minimum Gasteiger partial charge on any atom is -0.329 e. The number of anilines is 1. The molecule has 3 heteroatoms. The van der Waals surface area contributed by atoms with Gasteiger partial charge in [0.25, 0.3) is 0 Å². The van der Waals surface area contributed by atoms with Crippen molar-refractivity contribution in [3.63, 3.8) is 0 Å². The number of nitrogens with two attached hydrogens (primary N) is 1. The highest BCUT2D eigenvalue weighted by atomic mass is 32.1. The first kappa shape index (κ1) is 8.43. The van der Waals surface area contributed by atoms with Crippen LogP contribution in [0.5, 0.6) is 0 Å². The van der Waals surface area contributed by atoms with Gasteiger partial charge in [-0.15, -0.1) is 0 Å². The highest BCUT2D eigenvalue weighted by molar-refractivity contribution is 7.81. The summed E-state index contributed by atoms with van der Waals surface area (Å²) in [6.07, 6.45) is 0. The molecule has 2 N–H and O–H groups in total. The molecule has 0 aliphatic heterocycles. The summed E-state index contributed by atoms with van der Waals surface area (Å²) in [5.41, 5.74) is 6.46. The van der Waals surface area contributed by atoms with Crippen LogP contribution in [0.2, 0.25) is 0 Å². The Balaban J connectivity index is 2.61. The fourth-order valence-corrected chi connectivity index (χ4v) is 1.10. The van der Waals surface area contributed by atoms with Crippen molar-refractivity contribution >= 4 is 18.5 Å². The molecule has 2 nitrogen and oxygen atoms in total. The first-order valence-electron chi connectivity index (χ1n) is 3.56. The number of benzene rings is 1. The van der Waals surface area contributed by atoms with E-state index in [0.29, 0.717) is 6.54 Å². The van der Waals surface area contributed by atoms with Gasteiger partial charge in [-0.25, -0.2) is 0 Å².